The van der Waals surface area contributed by atoms with Gasteiger partial charge in [0.05, 0.1) is 29.2 Å². The molecule has 0 spiro atoms. The van der Waals surface area contributed by atoms with E-state index in [9.17, 15) is 14.4 Å². The standard InChI is InChI=1S/C35H34N4O4S/c1-2-43-34(42)33-37-28(21-44-33)35(17-9-4-10-18-35)38-32(41)23-15-16-25-27(19-23)39-20-29(40)36-26-14-8-7-13-24(26)31(39)30(25)22-11-5-3-6-12-22/h4,7-10,13-17,19,21-22H,2-3,5-6,11-12,18,20H2,1H3,(H,36,40)(H,38,41). The summed E-state index contributed by atoms with van der Waals surface area (Å²) in [4.78, 5) is 44.1. The molecule has 1 aliphatic heterocycles. The third-order valence-corrected chi connectivity index (χ3v) is 9.78. The van der Waals surface area contributed by atoms with Crippen molar-refractivity contribution in [2.45, 2.75) is 63.5 Å². The number of benzene rings is 2. The number of nitrogens with zero attached hydrogens (tertiary/aromatic N) is 2. The van der Waals surface area contributed by atoms with Crippen LogP contribution in [0, 0.1) is 0 Å². The Morgan fingerprint density at radius 1 is 1.14 bits per heavy atom. The SMILES string of the molecule is CCOC(=O)c1nc(C2(NC(=O)c3ccc4c(C5CCCCC5)c5n(c4c3)CC(=O)Nc3ccccc3-5)C=CC=CC2)cs1. The van der Waals surface area contributed by atoms with Gasteiger partial charge in [-0.2, -0.15) is 0 Å². The lowest BCUT2D eigenvalue weighted by atomic mass is 9.81. The van der Waals surface area contributed by atoms with Gasteiger partial charge in [0.2, 0.25) is 10.9 Å². The van der Waals surface area contributed by atoms with Gasteiger partial charge in [0, 0.05) is 21.9 Å². The molecule has 1 saturated carbocycles. The molecule has 3 heterocycles. The molecule has 2 aromatic carbocycles. The van der Waals surface area contributed by atoms with Crippen molar-refractivity contribution in [3.05, 3.63) is 94.0 Å². The monoisotopic (exact) mass is 606 g/mol. The Balaban J connectivity index is 1.31. The van der Waals surface area contributed by atoms with Crippen molar-refractivity contribution < 1.29 is 19.1 Å². The van der Waals surface area contributed by atoms with Crippen molar-refractivity contribution in [1.29, 1.82) is 0 Å². The van der Waals surface area contributed by atoms with E-state index in [-0.39, 0.29) is 30.0 Å². The molecule has 44 heavy (non-hydrogen) atoms. The van der Waals surface area contributed by atoms with Crippen molar-refractivity contribution in [3.8, 4) is 11.3 Å². The average Bonchev–Trinajstić information content (AvgIpc) is 3.63. The number of ether oxygens (including phenoxy) is 1. The van der Waals surface area contributed by atoms with E-state index in [0.717, 1.165) is 40.7 Å². The predicted octanol–water partition coefficient (Wildman–Crippen LogP) is 7.08. The van der Waals surface area contributed by atoms with Gasteiger partial charge in [-0.25, -0.2) is 9.78 Å². The molecule has 9 heteroatoms. The van der Waals surface area contributed by atoms with Gasteiger partial charge in [0.15, 0.2) is 0 Å². The fourth-order valence-electron chi connectivity index (χ4n) is 6.92. The fourth-order valence-corrected chi connectivity index (χ4v) is 7.71. The highest BCUT2D eigenvalue weighted by Gasteiger charge is 2.36. The number of carbonyl (C=O) groups is 3. The van der Waals surface area contributed by atoms with Crippen LogP contribution in [0.1, 0.15) is 82.8 Å². The maximum absolute atomic E-state index is 14.0. The number of rotatable bonds is 6. The van der Waals surface area contributed by atoms with Crippen LogP contribution in [0.25, 0.3) is 22.2 Å². The number of thiazole rings is 1. The van der Waals surface area contributed by atoms with Crippen molar-refractivity contribution in [1.82, 2.24) is 14.9 Å². The minimum Gasteiger partial charge on any atom is -0.461 e. The van der Waals surface area contributed by atoms with Gasteiger partial charge >= 0.3 is 5.97 Å². The quantitative estimate of drug-likeness (QED) is 0.228. The molecule has 1 atom stereocenters. The first-order valence-corrected chi connectivity index (χ1v) is 16.2. The van der Waals surface area contributed by atoms with Crippen LogP contribution in [0.3, 0.4) is 0 Å². The summed E-state index contributed by atoms with van der Waals surface area (Å²) in [6.45, 7) is 2.19. The van der Waals surface area contributed by atoms with Crippen LogP contribution in [0.15, 0.2) is 72.1 Å². The molecule has 224 valence electrons. The van der Waals surface area contributed by atoms with Crippen molar-refractivity contribution >= 4 is 45.7 Å². The molecule has 2 aromatic heterocycles. The van der Waals surface area contributed by atoms with Crippen LogP contribution >= 0.6 is 11.3 Å². The fraction of sp³-hybridized carbons (Fsp3) is 0.314. The molecule has 4 aromatic rings. The van der Waals surface area contributed by atoms with E-state index in [2.05, 4.69) is 32.3 Å². The smallest absolute Gasteiger partial charge is 0.367 e. The number of nitrogens with one attached hydrogen (secondary N) is 2. The lowest BCUT2D eigenvalue weighted by Crippen LogP contribution is -2.45. The number of aromatic nitrogens is 2. The summed E-state index contributed by atoms with van der Waals surface area (Å²) in [5.41, 5.74) is 5.24. The first kappa shape index (κ1) is 28.3. The Labute approximate surface area is 259 Å². The molecule has 0 saturated heterocycles. The zero-order chi connectivity index (χ0) is 30.3. The van der Waals surface area contributed by atoms with Crippen LogP contribution in [-0.2, 0) is 21.6 Å². The van der Waals surface area contributed by atoms with Gasteiger partial charge in [-0.3, -0.25) is 9.59 Å². The number of hydrogen-bond acceptors (Lipinski definition) is 6. The third-order valence-electron chi connectivity index (χ3n) is 8.95. The maximum Gasteiger partial charge on any atom is 0.367 e. The molecule has 1 unspecified atom stereocenters. The van der Waals surface area contributed by atoms with E-state index in [1.807, 2.05) is 54.6 Å². The Hall–Kier alpha value is -4.50. The number of fused-ring (bicyclic) bond motifs is 5. The molecule has 1 fully saturated rings. The lowest BCUT2D eigenvalue weighted by Gasteiger charge is -2.31. The summed E-state index contributed by atoms with van der Waals surface area (Å²) in [7, 11) is 0. The summed E-state index contributed by atoms with van der Waals surface area (Å²) in [6.07, 6.45) is 14.1. The molecular formula is C35H34N4O4S. The predicted molar refractivity (Wildman–Crippen MR) is 172 cm³/mol. The Morgan fingerprint density at radius 2 is 1.98 bits per heavy atom. The normalized spacial score (nSPS) is 19.6. The highest BCUT2D eigenvalue weighted by atomic mass is 32.1. The first-order valence-electron chi connectivity index (χ1n) is 15.3. The Bertz CT molecular complexity index is 1840. The molecule has 2 N–H and O–H groups in total. The van der Waals surface area contributed by atoms with Gasteiger partial charge in [-0.05, 0) is 55.9 Å². The van der Waals surface area contributed by atoms with Crippen LogP contribution in [0.5, 0.6) is 0 Å². The third kappa shape index (κ3) is 4.95. The topological polar surface area (TPSA) is 102 Å². The largest absolute Gasteiger partial charge is 0.461 e. The summed E-state index contributed by atoms with van der Waals surface area (Å²) in [6, 6.07) is 13.9. The molecule has 7 rings (SSSR count). The zero-order valence-corrected chi connectivity index (χ0v) is 25.4. The Morgan fingerprint density at radius 3 is 2.77 bits per heavy atom. The molecule has 2 amide bonds. The second-order valence-corrected chi connectivity index (χ2v) is 12.5. The highest BCUT2D eigenvalue weighted by molar-refractivity contribution is 7.11. The Kier molecular flexibility index (Phi) is 7.42. The summed E-state index contributed by atoms with van der Waals surface area (Å²) >= 11 is 1.21. The number of amides is 2. The van der Waals surface area contributed by atoms with E-state index in [0.29, 0.717) is 23.6 Å². The number of esters is 1. The second kappa shape index (κ2) is 11.5. The van der Waals surface area contributed by atoms with Gasteiger partial charge in [0.1, 0.15) is 12.1 Å². The number of hydrogen-bond donors (Lipinski definition) is 2. The molecule has 2 aliphatic carbocycles. The number of carbonyl (C=O) groups excluding carboxylic acids is 3. The summed E-state index contributed by atoms with van der Waals surface area (Å²) < 4.78 is 7.24. The van der Waals surface area contributed by atoms with Gasteiger partial charge in [-0.15, -0.1) is 11.3 Å². The molecule has 3 aliphatic rings. The maximum atomic E-state index is 14.0. The summed E-state index contributed by atoms with van der Waals surface area (Å²) in [5, 5.41) is 9.48. The van der Waals surface area contributed by atoms with Crippen LogP contribution in [0.4, 0.5) is 5.69 Å². The van der Waals surface area contributed by atoms with E-state index in [4.69, 9.17) is 4.74 Å². The summed E-state index contributed by atoms with van der Waals surface area (Å²) in [5.74, 6) is -0.425. The van der Waals surface area contributed by atoms with Crippen molar-refractivity contribution in [2.24, 2.45) is 0 Å². The van der Waals surface area contributed by atoms with Crippen LogP contribution in [-0.4, -0.2) is 33.9 Å². The first-order chi connectivity index (χ1) is 21.5. The average molecular weight is 607 g/mol. The number of anilines is 1. The van der Waals surface area contributed by atoms with Crippen LogP contribution < -0.4 is 10.6 Å². The molecule has 8 nitrogen and oxygen atoms in total. The van der Waals surface area contributed by atoms with Gasteiger partial charge in [-0.1, -0.05) is 67.8 Å². The van der Waals surface area contributed by atoms with Gasteiger partial charge in [0.25, 0.3) is 5.91 Å². The van der Waals surface area contributed by atoms with E-state index in [1.54, 1.807) is 12.3 Å². The highest BCUT2D eigenvalue weighted by Crippen LogP contribution is 2.46. The minimum atomic E-state index is -0.913. The molecule has 0 bridgehead atoms. The minimum absolute atomic E-state index is 0.0860. The van der Waals surface area contributed by atoms with Crippen molar-refractivity contribution in [2.75, 3.05) is 11.9 Å². The van der Waals surface area contributed by atoms with E-state index >= 15 is 0 Å². The lowest BCUT2D eigenvalue weighted by molar-refractivity contribution is -0.116. The number of allylic oxidation sites excluding steroid dienone is 2. The van der Waals surface area contributed by atoms with Gasteiger partial charge < -0.3 is 19.9 Å². The van der Waals surface area contributed by atoms with E-state index < -0.39 is 11.5 Å². The second-order valence-electron chi connectivity index (χ2n) is 11.7. The zero-order valence-electron chi connectivity index (χ0n) is 24.6. The molecular weight excluding hydrogens is 572 g/mol. The van der Waals surface area contributed by atoms with Crippen LogP contribution in [0.2, 0.25) is 0 Å². The van der Waals surface area contributed by atoms with Crippen molar-refractivity contribution in [3.63, 3.8) is 0 Å². The van der Waals surface area contributed by atoms with E-state index in [1.165, 1.54) is 36.2 Å². The molecule has 0 radical (unpaired) electrons. The number of para-hydroxylation sites is 1.